The van der Waals surface area contributed by atoms with Crippen molar-refractivity contribution < 1.29 is 0 Å². The highest BCUT2D eigenvalue weighted by Gasteiger charge is 1.65. The molecule has 0 aliphatic heterocycles. The van der Waals surface area contributed by atoms with E-state index in [0.29, 0.717) is 0 Å². The predicted molar refractivity (Wildman–Crippen MR) is 64.3 cm³/mol. The van der Waals surface area contributed by atoms with Gasteiger partial charge in [-0.05, 0) is 12.5 Å². The summed E-state index contributed by atoms with van der Waals surface area (Å²) >= 11 is 0. The molecule has 0 spiro atoms. The molecule has 0 aliphatic carbocycles. The minimum absolute atomic E-state index is 1.04. The van der Waals surface area contributed by atoms with Crippen molar-refractivity contribution >= 4 is 6.21 Å². The van der Waals surface area contributed by atoms with Crippen LogP contribution in [0, 0.1) is 4.91 Å². The van der Waals surface area contributed by atoms with Gasteiger partial charge in [-0.2, -0.15) is 10.6 Å². The molecule has 0 aromatic heterocycles. The van der Waals surface area contributed by atoms with Crippen LogP contribution in [0.3, 0.4) is 0 Å². The molecule has 0 atom stereocenters. The molecule has 1 N–H and O–H groups in total. The van der Waals surface area contributed by atoms with Crippen molar-refractivity contribution in [1.29, 1.82) is 0 Å². The number of hydrazone groups is 1. The molecule has 0 saturated carbocycles. The molecule has 0 rings (SSSR count). The van der Waals surface area contributed by atoms with Crippen molar-refractivity contribution in [3.8, 4) is 0 Å². The zero-order chi connectivity index (χ0) is 11.2. The van der Waals surface area contributed by atoms with E-state index in [0.717, 1.165) is 6.42 Å². The van der Waals surface area contributed by atoms with Gasteiger partial charge in [0.1, 0.15) is 0 Å². The number of nitrogens with zero attached hydrogens (tertiary/aromatic N) is 2. The first-order valence-corrected chi connectivity index (χ1v) is 4.67. The highest BCUT2D eigenvalue weighted by atomic mass is 16.3. The monoisotopic (exact) mass is 205 g/mol. The highest BCUT2D eigenvalue weighted by Crippen LogP contribution is 1.83. The minimum atomic E-state index is 1.04. The average molecular weight is 205 g/mol. The summed E-state index contributed by atoms with van der Waals surface area (Å²) in [6.07, 6.45) is 17.7. The van der Waals surface area contributed by atoms with Crippen LogP contribution < -0.4 is 5.53 Å². The van der Waals surface area contributed by atoms with Gasteiger partial charge >= 0.3 is 0 Å². The van der Waals surface area contributed by atoms with E-state index in [9.17, 15) is 4.91 Å². The Hall–Kier alpha value is -1.97. The van der Waals surface area contributed by atoms with Gasteiger partial charge in [-0.25, -0.2) is 0 Å². The molecule has 0 aliphatic rings. The van der Waals surface area contributed by atoms with E-state index in [-0.39, 0.29) is 0 Å². The zero-order valence-corrected chi connectivity index (χ0v) is 8.71. The van der Waals surface area contributed by atoms with Crippen molar-refractivity contribution in [2.24, 2.45) is 10.4 Å². The molecule has 0 bridgehead atoms. The number of nitrogens with one attached hydrogen (secondary N) is 1. The maximum atomic E-state index is 9.54. The van der Waals surface area contributed by atoms with Crippen LogP contribution in [0.1, 0.15) is 13.3 Å². The Morgan fingerprint density at radius 3 is 2.20 bits per heavy atom. The fourth-order valence-electron chi connectivity index (χ4n) is 0.685. The van der Waals surface area contributed by atoms with Crippen molar-refractivity contribution in [3.05, 3.63) is 53.5 Å². The molecule has 0 saturated heterocycles. The molecule has 0 aromatic rings. The maximum absolute atomic E-state index is 9.54. The lowest BCUT2D eigenvalue weighted by Gasteiger charge is -1.77. The third-order valence-electron chi connectivity index (χ3n) is 1.30. The first-order chi connectivity index (χ1) is 7.41. The van der Waals surface area contributed by atoms with Gasteiger partial charge in [-0.1, -0.05) is 49.5 Å². The van der Waals surface area contributed by atoms with E-state index >= 15 is 0 Å². The van der Waals surface area contributed by atoms with Gasteiger partial charge < -0.3 is 0 Å². The van der Waals surface area contributed by atoms with Crippen molar-refractivity contribution in [2.75, 3.05) is 0 Å². The molecular weight excluding hydrogens is 190 g/mol. The summed E-state index contributed by atoms with van der Waals surface area (Å²) in [4.78, 5) is 9.54. The van der Waals surface area contributed by atoms with Crippen LogP contribution in [0.2, 0.25) is 0 Å². The van der Waals surface area contributed by atoms with E-state index in [1.54, 1.807) is 12.2 Å². The van der Waals surface area contributed by atoms with Crippen molar-refractivity contribution in [2.45, 2.75) is 13.3 Å². The lowest BCUT2D eigenvalue weighted by atomic mass is 10.3. The summed E-state index contributed by atoms with van der Waals surface area (Å²) in [5.41, 5.74) is 1.91. The SMILES string of the molecule is CCC=CC=CC=CC=CC=NNN=O. The largest absolute Gasteiger partial charge is 0.164 e. The smallest absolute Gasteiger partial charge is 0.0722 e. The van der Waals surface area contributed by atoms with Gasteiger partial charge in [0.2, 0.25) is 0 Å². The first kappa shape index (κ1) is 13.0. The van der Waals surface area contributed by atoms with E-state index in [4.69, 9.17) is 0 Å². The summed E-state index contributed by atoms with van der Waals surface area (Å²) in [5, 5.41) is 5.79. The number of rotatable bonds is 7. The van der Waals surface area contributed by atoms with Crippen LogP contribution in [0.5, 0.6) is 0 Å². The number of nitroso groups, excluding NO2 is 1. The molecule has 0 unspecified atom stereocenters. The third kappa shape index (κ3) is 12.0. The van der Waals surface area contributed by atoms with Gasteiger partial charge in [0.05, 0.1) is 5.29 Å². The summed E-state index contributed by atoms with van der Waals surface area (Å²) < 4.78 is 0. The Kier molecular flexibility index (Phi) is 10.5. The van der Waals surface area contributed by atoms with Crippen LogP contribution >= 0.6 is 0 Å². The lowest BCUT2D eigenvalue weighted by Crippen LogP contribution is -1.89. The first-order valence-electron chi connectivity index (χ1n) is 4.67. The third-order valence-corrected chi connectivity index (χ3v) is 1.30. The van der Waals surface area contributed by atoms with Crippen LogP contribution in [-0.4, -0.2) is 6.21 Å². The molecule has 15 heavy (non-hydrogen) atoms. The summed E-state index contributed by atoms with van der Waals surface area (Å²) in [7, 11) is 0. The van der Waals surface area contributed by atoms with Crippen LogP contribution in [0.25, 0.3) is 0 Å². The Labute approximate surface area is 89.7 Å². The van der Waals surface area contributed by atoms with E-state index in [1.807, 2.05) is 35.9 Å². The molecule has 80 valence electrons. The fourth-order valence-corrected chi connectivity index (χ4v) is 0.685. The number of hydrogen-bond donors (Lipinski definition) is 1. The van der Waals surface area contributed by atoms with Gasteiger partial charge in [-0.15, -0.1) is 4.91 Å². The number of allylic oxidation sites excluding steroid dienone is 8. The summed E-state index contributed by atoms with van der Waals surface area (Å²) in [5.74, 6) is 0. The van der Waals surface area contributed by atoms with E-state index in [1.165, 1.54) is 6.21 Å². The second-order valence-electron chi connectivity index (χ2n) is 2.46. The van der Waals surface area contributed by atoms with Gasteiger partial charge in [0.25, 0.3) is 0 Å². The van der Waals surface area contributed by atoms with Gasteiger partial charge in [-0.3, -0.25) is 0 Å². The molecule has 0 amide bonds. The average Bonchev–Trinajstić information content (AvgIpc) is 2.26. The van der Waals surface area contributed by atoms with Crippen molar-refractivity contribution in [1.82, 2.24) is 5.53 Å². The molecular formula is C11H15N3O. The lowest BCUT2D eigenvalue weighted by molar-refractivity contribution is 0.804. The Balaban J connectivity index is 3.65. The summed E-state index contributed by atoms with van der Waals surface area (Å²) in [6, 6.07) is 0. The molecule has 0 radical (unpaired) electrons. The maximum Gasteiger partial charge on any atom is 0.0722 e. The summed E-state index contributed by atoms with van der Waals surface area (Å²) in [6.45, 7) is 2.09. The zero-order valence-electron chi connectivity index (χ0n) is 8.71. The number of hydrogen-bond acceptors (Lipinski definition) is 3. The fraction of sp³-hybridized carbons (Fsp3) is 0.182. The molecule has 0 aromatic carbocycles. The van der Waals surface area contributed by atoms with Crippen LogP contribution in [0.15, 0.2) is 59.0 Å². The second-order valence-corrected chi connectivity index (χ2v) is 2.46. The van der Waals surface area contributed by atoms with Crippen molar-refractivity contribution in [3.63, 3.8) is 0 Å². The molecule has 4 heteroatoms. The Bertz CT molecular complexity index is 288. The minimum Gasteiger partial charge on any atom is -0.164 e. The second kappa shape index (κ2) is 12.0. The standard InChI is InChI=1S/C11H15N3O/c1-2-3-4-5-6-7-8-9-10-11-12-13-14-15/h3-11H,2H2,1H3,(H,13,15). The Morgan fingerprint density at radius 1 is 1.00 bits per heavy atom. The van der Waals surface area contributed by atoms with Gasteiger partial charge in [0, 0.05) is 6.21 Å². The quantitative estimate of drug-likeness (QED) is 0.301. The normalized spacial score (nSPS) is 12.9. The Morgan fingerprint density at radius 2 is 1.60 bits per heavy atom. The predicted octanol–water partition coefficient (Wildman–Crippen LogP) is 2.88. The molecule has 0 fully saturated rings. The van der Waals surface area contributed by atoms with Crippen LogP contribution in [0.4, 0.5) is 0 Å². The highest BCUT2D eigenvalue weighted by molar-refractivity contribution is 5.71. The van der Waals surface area contributed by atoms with E-state index in [2.05, 4.69) is 23.4 Å². The topological polar surface area (TPSA) is 53.8 Å². The molecule has 0 heterocycles. The molecule has 4 nitrogen and oxygen atoms in total. The van der Waals surface area contributed by atoms with Gasteiger partial charge in [0.15, 0.2) is 0 Å². The van der Waals surface area contributed by atoms with E-state index < -0.39 is 0 Å². The van der Waals surface area contributed by atoms with Crippen LogP contribution in [-0.2, 0) is 0 Å².